The molecule has 0 bridgehead atoms. The van der Waals surface area contributed by atoms with Crippen molar-refractivity contribution in [1.82, 2.24) is 4.90 Å². The summed E-state index contributed by atoms with van der Waals surface area (Å²) in [5.41, 5.74) is 0. The van der Waals surface area contributed by atoms with Gasteiger partial charge in [-0.25, -0.2) is 0 Å². The van der Waals surface area contributed by atoms with Gasteiger partial charge in [-0.05, 0) is 13.0 Å². The number of esters is 1. The number of ether oxygens (including phenoxy) is 1. The molecule has 1 aliphatic heterocycles. The van der Waals surface area contributed by atoms with Gasteiger partial charge < -0.3 is 9.64 Å². The molecule has 0 N–H and O–H groups in total. The zero-order valence-electron chi connectivity index (χ0n) is 7.51. The maximum absolute atomic E-state index is 11.1. The van der Waals surface area contributed by atoms with E-state index in [4.69, 9.17) is 4.74 Å². The Labute approximate surface area is 77.2 Å². The van der Waals surface area contributed by atoms with Crippen molar-refractivity contribution in [1.29, 1.82) is 0 Å². The molecule has 4 heteroatoms. The molecule has 4 nitrogen and oxygen atoms in total. The average Bonchev–Trinajstić information content (AvgIpc) is 2.33. The Morgan fingerprint density at radius 1 is 1.54 bits per heavy atom. The van der Waals surface area contributed by atoms with Gasteiger partial charge in [0.05, 0.1) is 6.61 Å². The summed E-state index contributed by atoms with van der Waals surface area (Å²) in [6.07, 6.45) is 8.53. The highest BCUT2D eigenvalue weighted by atomic mass is 16.5. The first-order valence-corrected chi connectivity index (χ1v) is 4.11. The SMILES string of the molecule is CCOC(=O)CN1C=CC=NC=C1. The van der Waals surface area contributed by atoms with Gasteiger partial charge in [-0.15, -0.1) is 0 Å². The van der Waals surface area contributed by atoms with Gasteiger partial charge in [-0.1, -0.05) is 0 Å². The van der Waals surface area contributed by atoms with E-state index in [9.17, 15) is 4.79 Å². The predicted molar refractivity (Wildman–Crippen MR) is 50.1 cm³/mol. The number of hydrogen-bond donors (Lipinski definition) is 0. The van der Waals surface area contributed by atoms with Gasteiger partial charge in [-0.2, -0.15) is 0 Å². The predicted octanol–water partition coefficient (Wildman–Crippen LogP) is 0.921. The third-order valence-electron chi connectivity index (χ3n) is 1.41. The molecule has 0 saturated carbocycles. The van der Waals surface area contributed by atoms with E-state index in [-0.39, 0.29) is 12.5 Å². The minimum absolute atomic E-state index is 0.226. The largest absolute Gasteiger partial charge is 0.465 e. The van der Waals surface area contributed by atoms with Crippen molar-refractivity contribution in [2.24, 2.45) is 4.99 Å². The maximum Gasteiger partial charge on any atom is 0.325 e. The zero-order chi connectivity index (χ0) is 9.52. The zero-order valence-corrected chi connectivity index (χ0v) is 7.51. The van der Waals surface area contributed by atoms with Crippen molar-refractivity contribution in [3.8, 4) is 0 Å². The van der Waals surface area contributed by atoms with E-state index in [0.717, 1.165) is 0 Å². The van der Waals surface area contributed by atoms with Gasteiger partial charge in [0.15, 0.2) is 0 Å². The first-order valence-electron chi connectivity index (χ1n) is 4.11. The van der Waals surface area contributed by atoms with Crippen molar-refractivity contribution in [2.45, 2.75) is 6.92 Å². The molecule has 0 fully saturated rings. The Hall–Kier alpha value is -1.58. The second-order valence-corrected chi connectivity index (χ2v) is 2.42. The molecule has 70 valence electrons. The Morgan fingerprint density at radius 3 is 3.15 bits per heavy atom. The molecular weight excluding hydrogens is 168 g/mol. The van der Waals surface area contributed by atoms with E-state index >= 15 is 0 Å². The van der Waals surface area contributed by atoms with Gasteiger partial charge in [0.1, 0.15) is 6.54 Å². The van der Waals surface area contributed by atoms with E-state index in [0.29, 0.717) is 6.61 Å². The summed E-state index contributed by atoms with van der Waals surface area (Å²) in [5, 5.41) is 0. The van der Waals surface area contributed by atoms with Crippen LogP contribution in [-0.4, -0.2) is 30.2 Å². The van der Waals surface area contributed by atoms with Crippen LogP contribution in [0.1, 0.15) is 6.92 Å². The Morgan fingerprint density at radius 2 is 2.38 bits per heavy atom. The number of hydrogen-bond acceptors (Lipinski definition) is 4. The van der Waals surface area contributed by atoms with Crippen LogP contribution in [0.2, 0.25) is 0 Å². The van der Waals surface area contributed by atoms with Crippen molar-refractivity contribution >= 4 is 12.2 Å². The lowest BCUT2D eigenvalue weighted by molar-refractivity contribution is -0.143. The molecule has 0 amide bonds. The van der Waals surface area contributed by atoms with E-state index in [1.165, 1.54) is 0 Å². The highest BCUT2D eigenvalue weighted by molar-refractivity contribution is 5.74. The fourth-order valence-corrected chi connectivity index (χ4v) is 0.883. The number of carbonyl (C=O) groups is 1. The van der Waals surface area contributed by atoms with Crippen LogP contribution in [0.15, 0.2) is 29.7 Å². The molecule has 0 aromatic heterocycles. The van der Waals surface area contributed by atoms with Crippen LogP contribution < -0.4 is 0 Å². The maximum atomic E-state index is 11.1. The third kappa shape index (κ3) is 3.55. The highest BCUT2D eigenvalue weighted by Crippen LogP contribution is 1.96. The Kier molecular flexibility index (Phi) is 3.75. The number of aliphatic imine (C=N–C) groups is 1. The Bertz CT molecular complexity index is 240. The fraction of sp³-hybridized carbons (Fsp3) is 0.333. The van der Waals surface area contributed by atoms with Crippen LogP contribution in [0.25, 0.3) is 0 Å². The molecule has 0 atom stereocenters. The summed E-state index contributed by atoms with van der Waals surface area (Å²) in [4.78, 5) is 16.7. The van der Waals surface area contributed by atoms with Crippen LogP contribution >= 0.6 is 0 Å². The van der Waals surface area contributed by atoms with Gasteiger partial charge in [0, 0.05) is 24.8 Å². The Balaban J connectivity index is 2.40. The molecule has 0 radical (unpaired) electrons. The second-order valence-electron chi connectivity index (χ2n) is 2.42. The summed E-state index contributed by atoms with van der Waals surface area (Å²) >= 11 is 0. The molecule has 0 aliphatic carbocycles. The summed E-state index contributed by atoms with van der Waals surface area (Å²) in [6.45, 7) is 2.43. The van der Waals surface area contributed by atoms with E-state index < -0.39 is 0 Å². The van der Waals surface area contributed by atoms with Gasteiger partial charge in [0.2, 0.25) is 0 Å². The molecule has 0 aromatic rings. The van der Waals surface area contributed by atoms with Gasteiger partial charge in [0.25, 0.3) is 0 Å². The minimum atomic E-state index is -0.237. The molecule has 13 heavy (non-hydrogen) atoms. The van der Waals surface area contributed by atoms with E-state index in [1.807, 2.05) is 0 Å². The van der Waals surface area contributed by atoms with E-state index in [2.05, 4.69) is 4.99 Å². The summed E-state index contributed by atoms with van der Waals surface area (Å²) in [6, 6.07) is 0. The summed E-state index contributed by atoms with van der Waals surface area (Å²) in [5.74, 6) is -0.237. The smallest absolute Gasteiger partial charge is 0.325 e. The fourth-order valence-electron chi connectivity index (χ4n) is 0.883. The van der Waals surface area contributed by atoms with Gasteiger partial charge >= 0.3 is 5.97 Å². The quantitative estimate of drug-likeness (QED) is 0.606. The molecule has 0 unspecified atom stereocenters. The lowest BCUT2D eigenvalue weighted by Gasteiger charge is -2.12. The van der Waals surface area contributed by atoms with Gasteiger partial charge in [-0.3, -0.25) is 9.79 Å². The monoisotopic (exact) mass is 180 g/mol. The standard InChI is InChI=1S/C9H12N2O2/c1-2-13-9(12)8-11-6-3-4-10-5-7-11/h3-7H,2,8H2,1H3. The topological polar surface area (TPSA) is 41.9 Å². The van der Waals surface area contributed by atoms with Crippen molar-refractivity contribution in [3.63, 3.8) is 0 Å². The number of carbonyl (C=O) groups excluding carboxylic acids is 1. The molecule has 1 aliphatic rings. The van der Waals surface area contributed by atoms with E-state index in [1.54, 1.807) is 42.7 Å². The highest BCUT2D eigenvalue weighted by Gasteiger charge is 2.04. The molecule has 1 heterocycles. The number of allylic oxidation sites excluding steroid dienone is 1. The third-order valence-corrected chi connectivity index (χ3v) is 1.41. The van der Waals surface area contributed by atoms with Crippen LogP contribution in [0, 0.1) is 0 Å². The van der Waals surface area contributed by atoms with Crippen LogP contribution in [-0.2, 0) is 9.53 Å². The first kappa shape index (κ1) is 9.51. The van der Waals surface area contributed by atoms with Crippen LogP contribution in [0.3, 0.4) is 0 Å². The number of nitrogens with zero attached hydrogens (tertiary/aromatic N) is 2. The second kappa shape index (κ2) is 5.13. The molecular formula is C9H12N2O2. The number of rotatable bonds is 3. The van der Waals surface area contributed by atoms with Crippen molar-refractivity contribution in [3.05, 3.63) is 24.7 Å². The van der Waals surface area contributed by atoms with Crippen LogP contribution in [0.4, 0.5) is 0 Å². The normalized spacial score (nSPS) is 14.4. The average molecular weight is 180 g/mol. The molecule has 1 rings (SSSR count). The van der Waals surface area contributed by atoms with Crippen LogP contribution in [0.5, 0.6) is 0 Å². The van der Waals surface area contributed by atoms with Crippen molar-refractivity contribution in [2.75, 3.05) is 13.2 Å². The summed E-state index contributed by atoms with van der Waals surface area (Å²) in [7, 11) is 0. The molecule has 0 aromatic carbocycles. The molecule has 0 spiro atoms. The summed E-state index contributed by atoms with van der Waals surface area (Å²) < 4.78 is 4.80. The first-order chi connectivity index (χ1) is 6.33. The molecule has 0 saturated heterocycles. The lowest BCUT2D eigenvalue weighted by Crippen LogP contribution is -2.21. The lowest BCUT2D eigenvalue weighted by atomic mass is 10.5. The minimum Gasteiger partial charge on any atom is -0.465 e. The van der Waals surface area contributed by atoms with Crippen molar-refractivity contribution < 1.29 is 9.53 Å².